The van der Waals surface area contributed by atoms with Gasteiger partial charge >= 0.3 is 5.97 Å². The van der Waals surface area contributed by atoms with Crippen molar-refractivity contribution in [3.8, 4) is 11.5 Å². The van der Waals surface area contributed by atoms with Crippen molar-refractivity contribution in [3.63, 3.8) is 0 Å². The van der Waals surface area contributed by atoms with Crippen molar-refractivity contribution >= 4 is 40.8 Å². The molecule has 0 fully saturated rings. The summed E-state index contributed by atoms with van der Waals surface area (Å²) in [5.74, 6) is -0.322. The topological polar surface area (TPSA) is 93.7 Å². The summed E-state index contributed by atoms with van der Waals surface area (Å²) < 4.78 is 10.7. The van der Waals surface area contributed by atoms with E-state index in [0.717, 1.165) is 11.1 Å². The van der Waals surface area contributed by atoms with E-state index < -0.39 is 18.5 Å². The lowest BCUT2D eigenvalue weighted by Gasteiger charge is -2.11. The number of carbonyl (C=O) groups is 3. The van der Waals surface area contributed by atoms with Crippen LogP contribution in [0.15, 0.2) is 66.7 Å². The SMILES string of the molecule is Cc1cccc(C)c1NC(=O)COC(=O)CCC(=O)Nc1ccc(Oc2ccccc2Cl)cc1. The highest BCUT2D eigenvalue weighted by atomic mass is 35.5. The van der Waals surface area contributed by atoms with Gasteiger partial charge < -0.3 is 20.1 Å². The average Bonchev–Trinajstić information content (AvgIpc) is 2.81. The molecule has 3 rings (SSSR count). The fourth-order valence-corrected chi connectivity index (χ4v) is 3.28. The van der Waals surface area contributed by atoms with E-state index in [1.807, 2.05) is 44.2 Å². The van der Waals surface area contributed by atoms with Crippen LogP contribution in [0.4, 0.5) is 11.4 Å². The smallest absolute Gasteiger partial charge is 0.306 e. The lowest BCUT2D eigenvalue weighted by atomic mass is 10.1. The maximum Gasteiger partial charge on any atom is 0.306 e. The van der Waals surface area contributed by atoms with Gasteiger partial charge in [-0.1, -0.05) is 41.9 Å². The lowest BCUT2D eigenvalue weighted by Crippen LogP contribution is -2.22. The minimum Gasteiger partial charge on any atom is -0.456 e. The molecule has 0 bridgehead atoms. The normalized spacial score (nSPS) is 10.3. The van der Waals surface area contributed by atoms with Crippen LogP contribution in [-0.2, 0) is 19.1 Å². The number of ether oxygens (including phenoxy) is 2. The van der Waals surface area contributed by atoms with Gasteiger partial charge in [0.2, 0.25) is 5.91 Å². The van der Waals surface area contributed by atoms with Crippen LogP contribution in [0, 0.1) is 13.8 Å². The second-order valence-corrected chi connectivity index (χ2v) is 7.99. The Balaban J connectivity index is 1.39. The number of rotatable bonds is 9. The number of halogens is 1. The number of hydrogen-bond donors (Lipinski definition) is 2. The zero-order chi connectivity index (χ0) is 24.5. The van der Waals surface area contributed by atoms with E-state index in [2.05, 4.69) is 10.6 Å². The van der Waals surface area contributed by atoms with Crippen LogP contribution < -0.4 is 15.4 Å². The molecular formula is C26H25ClN2O5. The Morgan fingerprint density at radius 3 is 2.15 bits per heavy atom. The first-order valence-corrected chi connectivity index (χ1v) is 11.0. The number of aryl methyl sites for hydroxylation is 2. The number of carbonyl (C=O) groups excluding carboxylic acids is 3. The van der Waals surface area contributed by atoms with Gasteiger partial charge in [0.15, 0.2) is 6.61 Å². The van der Waals surface area contributed by atoms with Crippen LogP contribution in [0.5, 0.6) is 11.5 Å². The molecule has 2 amide bonds. The monoisotopic (exact) mass is 480 g/mol. The van der Waals surface area contributed by atoms with Gasteiger partial charge in [-0.3, -0.25) is 14.4 Å². The summed E-state index contributed by atoms with van der Waals surface area (Å²) >= 11 is 6.08. The van der Waals surface area contributed by atoms with Gasteiger partial charge in [-0.15, -0.1) is 0 Å². The molecule has 0 aliphatic carbocycles. The molecule has 34 heavy (non-hydrogen) atoms. The van der Waals surface area contributed by atoms with Crippen molar-refractivity contribution in [3.05, 3.63) is 82.9 Å². The Hall–Kier alpha value is -3.84. The molecule has 0 saturated heterocycles. The van der Waals surface area contributed by atoms with E-state index in [4.69, 9.17) is 21.1 Å². The molecular weight excluding hydrogens is 456 g/mol. The van der Waals surface area contributed by atoms with E-state index in [-0.39, 0.29) is 18.7 Å². The predicted octanol–water partition coefficient (Wildman–Crippen LogP) is 5.65. The van der Waals surface area contributed by atoms with Crippen molar-refractivity contribution in [1.82, 2.24) is 0 Å². The zero-order valence-corrected chi connectivity index (χ0v) is 19.6. The molecule has 0 saturated carbocycles. The van der Waals surface area contributed by atoms with Crippen LogP contribution in [0.1, 0.15) is 24.0 Å². The van der Waals surface area contributed by atoms with Gasteiger partial charge in [0.1, 0.15) is 11.5 Å². The van der Waals surface area contributed by atoms with Gasteiger partial charge in [-0.2, -0.15) is 0 Å². The summed E-state index contributed by atoms with van der Waals surface area (Å²) in [5, 5.41) is 5.94. The molecule has 176 valence electrons. The molecule has 3 aromatic rings. The molecule has 0 unspecified atom stereocenters. The summed E-state index contributed by atoms with van der Waals surface area (Å²) in [5.41, 5.74) is 3.09. The number of amides is 2. The number of benzene rings is 3. The number of para-hydroxylation sites is 2. The third-order valence-electron chi connectivity index (χ3n) is 4.87. The van der Waals surface area contributed by atoms with Crippen molar-refractivity contribution in [2.24, 2.45) is 0 Å². The first-order valence-electron chi connectivity index (χ1n) is 10.7. The molecule has 2 N–H and O–H groups in total. The largest absolute Gasteiger partial charge is 0.456 e. The van der Waals surface area contributed by atoms with Crippen molar-refractivity contribution < 1.29 is 23.9 Å². The Labute approximate surface area is 203 Å². The lowest BCUT2D eigenvalue weighted by molar-refractivity contribution is -0.147. The molecule has 3 aromatic carbocycles. The van der Waals surface area contributed by atoms with Crippen molar-refractivity contribution in [2.75, 3.05) is 17.2 Å². The van der Waals surface area contributed by atoms with Gasteiger partial charge in [0.25, 0.3) is 5.91 Å². The fraction of sp³-hybridized carbons (Fsp3) is 0.192. The van der Waals surface area contributed by atoms with Gasteiger partial charge in [-0.25, -0.2) is 0 Å². The second-order valence-electron chi connectivity index (χ2n) is 7.58. The first-order chi connectivity index (χ1) is 16.3. The van der Waals surface area contributed by atoms with Crippen molar-refractivity contribution in [2.45, 2.75) is 26.7 Å². The van der Waals surface area contributed by atoms with Gasteiger partial charge in [0.05, 0.1) is 11.4 Å². The maximum absolute atomic E-state index is 12.1. The Bertz CT molecular complexity index is 1160. The molecule has 0 aromatic heterocycles. The molecule has 0 spiro atoms. The number of esters is 1. The third-order valence-corrected chi connectivity index (χ3v) is 5.18. The van der Waals surface area contributed by atoms with E-state index in [9.17, 15) is 14.4 Å². The Morgan fingerprint density at radius 1 is 0.794 bits per heavy atom. The molecule has 7 nitrogen and oxygen atoms in total. The maximum atomic E-state index is 12.1. The molecule has 0 aliphatic heterocycles. The molecule has 0 aliphatic rings. The average molecular weight is 481 g/mol. The Kier molecular flexibility index (Phi) is 8.65. The molecule has 0 radical (unpaired) electrons. The number of hydrogen-bond acceptors (Lipinski definition) is 5. The standard InChI is InChI=1S/C26H25ClN2O5/c1-17-6-5-7-18(2)26(17)29-24(31)16-33-25(32)15-14-23(30)28-19-10-12-20(13-11-19)34-22-9-4-3-8-21(22)27/h3-13H,14-16H2,1-2H3,(H,28,30)(H,29,31). The van der Waals surface area contributed by atoms with E-state index >= 15 is 0 Å². The molecule has 8 heteroatoms. The molecule has 0 heterocycles. The fourth-order valence-electron chi connectivity index (χ4n) is 3.11. The summed E-state index contributed by atoms with van der Waals surface area (Å²) in [4.78, 5) is 36.1. The highest BCUT2D eigenvalue weighted by molar-refractivity contribution is 6.32. The summed E-state index contributed by atoms with van der Waals surface area (Å²) in [6, 6.07) is 19.5. The van der Waals surface area contributed by atoms with Crippen LogP contribution in [0.25, 0.3) is 0 Å². The predicted molar refractivity (Wildman–Crippen MR) is 131 cm³/mol. The molecule has 0 atom stereocenters. The second kappa shape index (κ2) is 11.9. The van der Waals surface area contributed by atoms with Crippen LogP contribution >= 0.6 is 11.6 Å². The number of nitrogens with one attached hydrogen (secondary N) is 2. The van der Waals surface area contributed by atoms with Gasteiger partial charge in [-0.05, 0) is 61.4 Å². The van der Waals surface area contributed by atoms with Crippen molar-refractivity contribution in [1.29, 1.82) is 0 Å². The summed E-state index contributed by atoms with van der Waals surface area (Å²) in [7, 11) is 0. The Morgan fingerprint density at radius 2 is 1.47 bits per heavy atom. The quantitative estimate of drug-likeness (QED) is 0.386. The van der Waals surface area contributed by atoms with E-state index in [0.29, 0.717) is 27.9 Å². The van der Waals surface area contributed by atoms with E-state index in [1.165, 1.54) is 0 Å². The minimum atomic E-state index is -0.629. The highest BCUT2D eigenvalue weighted by Crippen LogP contribution is 2.29. The number of anilines is 2. The zero-order valence-electron chi connectivity index (χ0n) is 18.9. The van der Waals surface area contributed by atoms with Crippen LogP contribution in [0.3, 0.4) is 0 Å². The third kappa shape index (κ3) is 7.35. The minimum absolute atomic E-state index is 0.0742. The van der Waals surface area contributed by atoms with E-state index in [1.54, 1.807) is 36.4 Å². The summed E-state index contributed by atoms with van der Waals surface area (Å²) in [6.07, 6.45) is -0.217. The highest BCUT2D eigenvalue weighted by Gasteiger charge is 2.12. The summed E-state index contributed by atoms with van der Waals surface area (Å²) in [6.45, 7) is 3.35. The first kappa shape index (κ1) is 24.8. The van der Waals surface area contributed by atoms with Crippen LogP contribution in [0.2, 0.25) is 5.02 Å². The van der Waals surface area contributed by atoms with Gasteiger partial charge in [0, 0.05) is 17.8 Å². The van der Waals surface area contributed by atoms with Crippen LogP contribution in [-0.4, -0.2) is 24.4 Å².